The lowest BCUT2D eigenvalue weighted by Gasteiger charge is -2.18. The molecule has 5 heteroatoms. The first-order valence-corrected chi connectivity index (χ1v) is 6.48. The van der Waals surface area contributed by atoms with Crippen LogP contribution in [0, 0.1) is 5.82 Å². The summed E-state index contributed by atoms with van der Waals surface area (Å²) in [5, 5.41) is 3.14. The number of halogens is 1. The van der Waals surface area contributed by atoms with Gasteiger partial charge >= 0.3 is 0 Å². The Morgan fingerprint density at radius 3 is 2.60 bits per heavy atom. The smallest absolute Gasteiger partial charge is 0.138 e. The monoisotopic (exact) mass is 274 g/mol. The maximum absolute atomic E-state index is 13.1. The second kappa shape index (κ2) is 5.45. The Hall–Kier alpha value is -2.17. The Bertz CT molecular complexity index is 605. The van der Waals surface area contributed by atoms with E-state index in [1.165, 1.54) is 12.1 Å². The van der Waals surface area contributed by atoms with Crippen molar-refractivity contribution in [2.45, 2.75) is 32.7 Å². The Kier molecular flexibility index (Phi) is 3.88. The number of nitrogens with one attached hydrogen (secondary N) is 1. The van der Waals surface area contributed by atoms with Gasteiger partial charge in [0.1, 0.15) is 23.3 Å². The average molecular weight is 274 g/mol. The standard InChI is InChI=1S/C15H19FN4/c1-15(2,3)14-19-12(17)8-13(20-14)18-9-10-5-4-6-11(16)7-10/h4-8H,9H2,1-3H3,(H3,17,18,19,20). The molecule has 0 radical (unpaired) electrons. The van der Waals surface area contributed by atoms with Crippen molar-refractivity contribution >= 4 is 11.6 Å². The van der Waals surface area contributed by atoms with Crippen LogP contribution >= 0.6 is 0 Å². The summed E-state index contributed by atoms with van der Waals surface area (Å²) in [6, 6.07) is 8.12. The summed E-state index contributed by atoms with van der Waals surface area (Å²) in [5.74, 6) is 1.50. The molecule has 4 nitrogen and oxygen atoms in total. The van der Waals surface area contributed by atoms with Crippen molar-refractivity contribution < 1.29 is 4.39 Å². The minimum atomic E-state index is -0.248. The molecule has 0 aliphatic carbocycles. The molecule has 1 aromatic heterocycles. The number of nitrogens with zero attached hydrogens (tertiary/aromatic N) is 2. The van der Waals surface area contributed by atoms with Crippen LogP contribution < -0.4 is 11.1 Å². The van der Waals surface area contributed by atoms with Gasteiger partial charge in [0.2, 0.25) is 0 Å². The SMILES string of the molecule is CC(C)(C)c1nc(N)cc(NCc2cccc(F)c2)n1. The van der Waals surface area contributed by atoms with Crippen molar-refractivity contribution in [3.05, 3.63) is 47.5 Å². The van der Waals surface area contributed by atoms with Crippen molar-refractivity contribution in [2.75, 3.05) is 11.1 Å². The average Bonchev–Trinajstić information content (AvgIpc) is 2.35. The minimum Gasteiger partial charge on any atom is -0.384 e. The minimum absolute atomic E-state index is 0.176. The van der Waals surface area contributed by atoms with E-state index in [9.17, 15) is 4.39 Å². The molecule has 1 heterocycles. The predicted octanol–water partition coefficient (Wildman–Crippen LogP) is 3.11. The molecule has 0 bridgehead atoms. The first-order valence-electron chi connectivity index (χ1n) is 6.48. The summed E-state index contributed by atoms with van der Waals surface area (Å²) < 4.78 is 13.1. The fourth-order valence-electron chi connectivity index (χ4n) is 1.73. The normalized spacial score (nSPS) is 11.4. The molecule has 0 unspecified atom stereocenters. The van der Waals surface area contributed by atoms with E-state index in [4.69, 9.17) is 5.73 Å². The topological polar surface area (TPSA) is 63.8 Å². The molecule has 0 saturated carbocycles. The van der Waals surface area contributed by atoms with Crippen LogP contribution in [-0.2, 0) is 12.0 Å². The quantitative estimate of drug-likeness (QED) is 0.902. The van der Waals surface area contributed by atoms with Crippen LogP contribution in [0.15, 0.2) is 30.3 Å². The van der Waals surface area contributed by atoms with Gasteiger partial charge in [0.25, 0.3) is 0 Å². The van der Waals surface area contributed by atoms with Gasteiger partial charge in [-0.25, -0.2) is 14.4 Å². The summed E-state index contributed by atoms with van der Waals surface area (Å²) in [6.45, 7) is 6.56. The number of benzene rings is 1. The van der Waals surface area contributed by atoms with E-state index in [0.717, 1.165) is 5.56 Å². The zero-order valence-corrected chi connectivity index (χ0v) is 11.9. The van der Waals surface area contributed by atoms with E-state index in [-0.39, 0.29) is 11.2 Å². The van der Waals surface area contributed by atoms with E-state index in [1.807, 2.05) is 26.8 Å². The van der Waals surface area contributed by atoms with Crippen LogP contribution in [0.2, 0.25) is 0 Å². The van der Waals surface area contributed by atoms with Gasteiger partial charge in [-0.05, 0) is 17.7 Å². The molecule has 3 N–H and O–H groups in total. The van der Waals surface area contributed by atoms with Crippen LogP contribution in [0.25, 0.3) is 0 Å². The van der Waals surface area contributed by atoms with Crippen LogP contribution in [0.5, 0.6) is 0 Å². The summed E-state index contributed by atoms with van der Waals surface area (Å²) in [6.07, 6.45) is 0. The molecular weight excluding hydrogens is 255 g/mol. The molecule has 20 heavy (non-hydrogen) atoms. The highest BCUT2D eigenvalue weighted by molar-refractivity contribution is 5.45. The lowest BCUT2D eigenvalue weighted by atomic mass is 9.96. The fourth-order valence-corrected chi connectivity index (χ4v) is 1.73. The zero-order chi connectivity index (χ0) is 14.8. The number of anilines is 2. The van der Waals surface area contributed by atoms with Crippen LogP contribution in [0.4, 0.5) is 16.0 Å². The molecule has 2 aromatic rings. The van der Waals surface area contributed by atoms with Crippen molar-refractivity contribution in [1.82, 2.24) is 9.97 Å². The Morgan fingerprint density at radius 2 is 1.95 bits per heavy atom. The molecule has 0 atom stereocenters. The van der Waals surface area contributed by atoms with Crippen LogP contribution in [0.1, 0.15) is 32.2 Å². The molecule has 2 rings (SSSR count). The summed E-state index contributed by atoms with van der Waals surface area (Å²) in [5.41, 5.74) is 6.47. The van der Waals surface area contributed by atoms with Gasteiger partial charge in [0.15, 0.2) is 0 Å². The summed E-state index contributed by atoms with van der Waals surface area (Å²) >= 11 is 0. The third kappa shape index (κ3) is 3.66. The third-order valence-corrected chi connectivity index (χ3v) is 2.78. The molecule has 0 spiro atoms. The van der Waals surface area contributed by atoms with Crippen LogP contribution in [0.3, 0.4) is 0 Å². The highest BCUT2D eigenvalue weighted by Crippen LogP contribution is 2.21. The molecule has 0 aliphatic rings. The first-order chi connectivity index (χ1) is 9.34. The lowest BCUT2D eigenvalue weighted by molar-refractivity contribution is 0.547. The number of hydrogen-bond donors (Lipinski definition) is 2. The van der Waals surface area contributed by atoms with Gasteiger partial charge in [0, 0.05) is 18.0 Å². The Labute approximate surface area is 118 Å². The van der Waals surface area contributed by atoms with Crippen LogP contribution in [-0.4, -0.2) is 9.97 Å². The van der Waals surface area contributed by atoms with Gasteiger partial charge in [-0.1, -0.05) is 32.9 Å². The number of rotatable bonds is 3. The zero-order valence-electron chi connectivity index (χ0n) is 11.9. The van der Waals surface area contributed by atoms with Gasteiger partial charge in [0.05, 0.1) is 0 Å². The molecule has 0 aliphatic heterocycles. The second-order valence-corrected chi connectivity index (χ2v) is 5.74. The fraction of sp³-hybridized carbons (Fsp3) is 0.333. The van der Waals surface area contributed by atoms with E-state index in [0.29, 0.717) is 24.0 Å². The van der Waals surface area contributed by atoms with Crippen molar-refractivity contribution in [2.24, 2.45) is 0 Å². The highest BCUT2D eigenvalue weighted by Gasteiger charge is 2.18. The largest absolute Gasteiger partial charge is 0.384 e. The molecule has 0 amide bonds. The second-order valence-electron chi connectivity index (χ2n) is 5.74. The Morgan fingerprint density at radius 1 is 1.20 bits per heavy atom. The number of hydrogen-bond acceptors (Lipinski definition) is 4. The maximum Gasteiger partial charge on any atom is 0.138 e. The van der Waals surface area contributed by atoms with E-state index < -0.39 is 0 Å². The van der Waals surface area contributed by atoms with Gasteiger partial charge in [-0.2, -0.15) is 0 Å². The number of nitrogens with two attached hydrogens (primary N) is 1. The highest BCUT2D eigenvalue weighted by atomic mass is 19.1. The predicted molar refractivity (Wildman–Crippen MR) is 78.9 cm³/mol. The third-order valence-electron chi connectivity index (χ3n) is 2.78. The molecular formula is C15H19FN4. The molecule has 0 saturated heterocycles. The molecule has 1 aromatic carbocycles. The van der Waals surface area contributed by atoms with Gasteiger partial charge in [-0.15, -0.1) is 0 Å². The maximum atomic E-state index is 13.1. The lowest BCUT2D eigenvalue weighted by Crippen LogP contribution is -2.18. The number of nitrogen functional groups attached to an aromatic ring is 1. The number of aromatic nitrogens is 2. The Balaban J connectivity index is 2.16. The summed E-state index contributed by atoms with van der Waals surface area (Å²) in [4.78, 5) is 8.69. The summed E-state index contributed by atoms with van der Waals surface area (Å²) in [7, 11) is 0. The van der Waals surface area contributed by atoms with Gasteiger partial charge < -0.3 is 11.1 Å². The van der Waals surface area contributed by atoms with Crippen molar-refractivity contribution in [3.8, 4) is 0 Å². The van der Waals surface area contributed by atoms with E-state index in [2.05, 4.69) is 15.3 Å². The van der Waals surface area contributed by atoms with Crippen molar-refractivity contribution in [1.29, 1.82) is 0 Å². The van der Waals surface area contributed by atoms with Gasteiger partial charge in [-0.3, -0.25) is 0 Å². The molecule has 106 valence electrons. The van der Waals surface area contributed by atoms with E-state index >= 15 is 0 Å². The molecule has 0 fully saturated rings. The first kappa shape index (κ1) is 14.2. The van der Waals surface area contributed by atoms with E-state index in [1.54, 1.807) is 12.1 Å². The van der Waals surface area contributed by atoms with Crippen molar-refractivity contribution in [3.63, 3.8) is 0 Å².